The average Bonchev–Trinajstić information content (AvgIpc) is 3.23. The molecular weight excluding hydrogens is 432 g/mol. The number of rotatable bonds is 7. The van der Waals surface area contributed by atoms with Crippen LogP contribution >= 0.6 is 23.4 Å². The summed E-state index contributed by atoms with van der Waals surface area (Å²) in [6.45, 7) is 2.32. The maximum absolute atomic E-state index is 12.4. The Morgan fingerprint density at radius 3 is 2.68 bits per heavy atom. The number of carbonyl (C=O) groups is 1. The molecule has 0 aliphatic rings. The quantitative estimate of drug-likeness (QED) is 0.427. The molecule has 0 saturated carbocycles. The molecule has 3 heterocycles. The van der Waals surface area contributed by atoms with Crippen molar-refractivity contribution >= 4 is 29.3 Å². The molecule has 0 aliphatic carbocycles. The normalized spacial score (nSPS) is 10.8. The number of hydrogen-bond acceptors (Lipinski definition) is 6. The van der Waals surface area contributed by atoms with Crippen LogP contribution in [0.5, 0.6) is 0 Å². The van der Waals surface area contributed by atoms with Gasteiger partial charge >= 0.3 is 0 Å². The van der Waals surface area contributed by atoms with Crippen molar-refractivity contribution in [3.05, 3.63) is 83.4 Å². The van der Waals surface area contributed by atoms with Gasteiger partial charge in [-0.1, -0.05) is 35.5 Å². The molecule has 0 bridgehead atoms. The van der Waals surface area contributed by atoms with Crippen molar-refractivity contribution in [3.63, 3.8) is 0 Å². The van der Waals surface area contributed by atoms with E-state index in [0.29, 0.717) is 22.5 Å². The number of carbonyl (C=O) groups excluding carboxylic acids is 1. The molecule has 156 valence electrons. The third kappa shape index (κ3) is 4.92. The van der Waals surface area contributed by atoms with Crippen LogP contribution < -0.4 is 5.32 Å². The highest BCUT2D eigenvalue weighted by Gasteiger charge is 2.19. The summed E-state index contributed by atoms with van der Waals surface area (Å²) in [4.78, 5) is 20.7. The molecule has 4 aromatic rings. The van der Waals surface area contributed by atoms with Crippen molar-refractivity contribution in [1.82, 2.24) is 30.0 Å². The summed E-state index contributed by atoms with van der Waals surface area (Å²) in [5.74, 6) is 0.739. The fourth-order valence-corrected chi connectivity index (χ4v) is 3.92. The van der Waals surface area contributed by atoms with Gasteiger partial charge in [0.25, 0.3) is 0 Å². The first-order valence-electron chi connectivity index (χ1n) is 9.54. The molecule has 0 radical (unpaired) electrons. The van der Waals surface area contributed by atoms with Gasteiger partial charge in [-0.2, -0.15) is 0 Å². The van der Waals surface area contributed by atoms with Gasteiger partial charge in [0, 0.05) is 29.2 Å². The number of thioether (sulfide) groups is 1. The monoisotopic (exact) mass is 450 g/mol. The number of hydrogen-bond donors (Lipinski definition) is 1. The minimum absolute atomic E-state index is 0.113. The predicted molar refractivity (Wildman–Crippen MR) is 121 cm³/mol. The van der Waals surface area contributed by atoms with Gasteiger partial charge in [0.15, 0.2) is 11.0 Å². The summed E-state index contributed by atoms with van der Waals surface area (Å²) in [6, 6.07) is 15.0. The molecule has 0 aliphatic heterocycles. The van der Waals surface area contributed by atoms with E-state index in [1.165, 1.54) is 11.8 Å². The molecule has 31 heavy (non-hydrogen) atoms. The molecule has 9 heteroatoms. The highest BCUT2D eigenvalue weighted by Crippen LogP contribution is 2.31. The van der Waals surface area contributed by atoms with Crippen molar-refractivity contribution in [2.75, 3.05) is 5.75 Å². The minimum atomic E-state index is -0.113. The van der Waals surface area contributed by atoms with E-state index in [1.54, 1.807) is 18.6 Å². The number of nitrogens with one attached hydrogen (secondary N) is 1. The first-order chi connectivity index (χ1) is 15.1. The molecule has 1 aromatic carbocycles. The lowest BCUT2D eigenvalue weighted by Crippen LogP contribution is -2.25. The molecule has 0 unspecified atom stereocenters. The first kappa shape index (κ1) is 21.0. The Bertz CT molecular complexity index is 1180. The third-order valence-electron chi connectivity index (χ3n) is 4.58. The third-order valence-corrected chi connectivity index (χ3v) is 5.92. The van der Waals surface area contributed by atoms with E-state index in [2.05, 4.69) is 25.5 Å². The molecule has 0 saturated heterocycles. The highest BCUT2D eigenvalue weighted by molar-refractivity contribution is 7.99. The van der Waals surface area contributed by atoms with Crippen LogP contribution in [0.3, 0.4) is 0 Å². The zero-order valence-corrected chi connectivity index (χ0v) is 18.3. The predicted octanol–water partition coefficient (Wildman–Crippen LogP) is 4.09. The van der Waals surface area contributed by atoms with Gasteiger partial charge < -0.3 is 5.32 Å². The van der Waals surface area contributed by atoms with E-state index in [4.69, 9.17) is 11.6 Å². The molecular formula is C22H19ClN6OS. The molecule has 1 amide bonds. The van der Waals surface area contributed by atoms with Gasteiger partial charge in [-0.25, -0.2) is 0 Å². The highest BCUT2D eigenvalue weighted by atomic mass is 35.5. The van der Waals surface area contributed by atoms with Crippen LogP contribution in [0.1, 0.15) is 11.3 Å². The van der Waals surface area contributed by atoms with Gasteiger partial charge in [0.1, 0.15) is 0 Å². The van der Waals surface area contributed by atoms with Crippen LogP contribution in [-0.4, -0.2) is 36.4 Å². The Morgan fingerprint density at radius 2 is 1.90 bits per heavy atom. The second-order valence-corrected chi connectivity index (χ2v) is 8.00. The van der Waals surface area contributed by atoms with Crippen molar-refractivity contribution in [2.45, 2.75) is 18.6 Å². The Hall–Kier alpha value is -3.23. The molecule has 1 N–H and O–H groups in total. The maximum atomic E-state index is 12.4. The van der Waals surface area contributed by atoms with Crippen LogP contribution in [0.4, 0.5) is 0 Å². The topological polar surface area (TPSA) is 85.6 Å². The second kappa shape index (κ2) is 9.72. The Morgan fingerprint density at radius 1 is 1.06 bits per heavy atom. The lowest BCUT2D eigenvalue weighted by molar-refractivity contribution is -0.118. The Balaban J connectivity index is 1.58. The lowest BCUT2D eigenvalue weighted by atomic mass is 10.2. The lowest BCUT2D eigenvalue weighted by Gasteiger charge is -2.13. The molecule has 0 fully saturated rings. The van der Waals surface area contributed by atoms with Crippen molar-refractivity contribution in [3.8, 4) is 17.1 Å². The SMILES string of the molecule is Cc1c(Cl)cccc1-n1c(SCC(=O)NCc2ccccn2)nnc1-c1ccncc1. The van der Waals surface area contributed by atoms with Crippen LogP contribution in [0.15, 0.2) is 72.3 Å². The Labute approximate surface area is 188 Å². The summed E-state index contributed by atoms with van der Waals surface area (Å²) < 4.78 is 1.92. The van der Waals surface area contributed by atoms with Crippen molar-refractivity contribution < 1.29 is 4.79 Å². The van der Waals surface area contributed by atoms with Crippen LogP contribution in [0, 0.1) is 6.92 Å². The Kier molecular flexibility index (Phi) is 6.59. The number of amides is 1. The largest absolute Gasteiger partial charge is 0.350 e. The number of pyridine rings is 2. The second-order valence-electron chi connectivity index (χ2n) is 6.65. The van der Waals surface area contributed by atoms with Gasteiger partial charge in [0.05, 0.1) is 23.7 Å². The summed E-state index contributed by atoms with van der Waals surface area (Å²) in [7, 11) is 0. The van der Waals surface area contributed by atoms with Gasteiger partial charge in [-0.3, -0.25) is 19.3 Å². The van der Waals surface area contributed by atoms with Gasteiger partial charge in [0.2, 0.25) is 5.91 Å². The fraction of sp³-hybridized carbons (Fsp3) is 0.136. The number of halogens is 1. The molecule has 0 spiro atoms. The van der Waals surface area contributed by atoms with E-state index in [1.807, 2.05) is 60.0 Å². The standard InChI is InChI=1S/C22H19ClN6OS/c1-15-18(23)6-4-7-19(15)29-21(16-8-11-24-12-9-16)27-28-22(29)31-14-20(30)26-13-17-5-2-3-10-25-17/h2-12H,13-14H2,1H3,(H,26,30). The first-order valence-corrected chi connectivity index (χ1v) is 10.9. The number of benzene rings is 1. The molecule has 7 nitrogen and oxygen atoms in total. The van der Waals surface area contributed by atoms with Gasteiger partial charge in [-0.15, -0.1) is 10.2 Å². The minimum Gasteiger partial charge on any atom is -0.350 e. The average molecular weight is 451 g/mol. The van der Waals surface area contributed by atoms with Gasteiger partial charge in [-0.05, 0) is 48.9 Å². The zero-order chi connectivity index (χ0) is 21.6. The summed E-state index contributed by atoms with van der Waals surface area (Å²) in [6.07, 6.45) is 5.11. The zero-order valence-electron chi connectivity index (χ0n) is 16.7. The smallest absolute Gasteiger partial charge is 0.230 e. The van der Waals surface area contributed by atoms with E-state index < -0.39 is 0 Å². The number of nitrogens with zero attached hydrogens (tertiary/aromatic N) is 5. The van der Waals surface area contributed by atoms with Crippen molar-refractivity contribution in [1.29, 1.82) is 0 Å². The van der Waals surface area contributed by atoms with E-state index in [0.717, 1.165) is 22.5 Å². The van der Waals surface area contributed by atoms with E-state index in [-0.39, 0.29) is 11.7 Å². The summed E-state index contributed by atoms with van der Waals surface area (Å²) in [5, 5.41) is 12.9. The maximum Gasteiger partial charge on any atom is 0.230 e. The van der Waals surface area contributed by atoms with Crippen LogP contribution in [0.25, 0.3) is 17.1 Å². The molecule has 4 rings (SSSR count). The summed E-state index contributed by atoms with van der Waals surface area (Å²) >= 11 is 7.68. The van der Waals surface area contributed by atoms with Crippen LogP contribution in [0.2, 0.25) is 5.02 Å². The van der Waals surface area contributed by atoms with E-state index in [9.17, 15) is 4.79 Å². The fourth-order valence-electron chi connectivity index (χ4n) is 2.98. The van der Waals surface area contributed by atoms with Crippen LogP contribution in [-0.2, 0) is 11.3 Å². The molecule has 0 atom stereocenters. The van der Waals surface area contributed by atoms with E-state index >= 15 is 0 Å². The summed E-state index contributed by atoms with van der Waals surface area (Å²) in [5.41, 5.74) is 3.44. The number of aromatic nitrogens is 5. The van der Waals surface area contributed by atoms with Crippen molar-refractivity contribution in [2.24, 2.45) is 0 Å². The molecule has 3 aromatic heterocycles.